The largest absolute Gasteiger partial charge is 0.482 e. The zero-order valence-corrected chi connectivity index (χ0v) is 17.5. The van der Waals surface area contributed by atoms with Crippen molar-refractivity contribution in [2.45, 2.75) is 17.7 Å². The highest BCUT2D eigenvalue weighted by Crippen LogP contribution is 2.30. The van der Waals surface area contributed by atoms with Crippen LogP contribution in [0.1, 0.15) is 12.8 Å². The van der Waals surface area contributed by atoms with Crippen LogP contribution in [0.5, 0.6) is 5.75 Å². The topological polar surface area (TPSA) is 75.7 Å². The van der Waals surface area contributed by atoms with Gasteiger partial charge >= 0.3 is 0 Å². The van der Waals surface area contributed by atoms with Crippen molar-refractivity contribution >= 4 is 49.1 Å². The number of ether oxygens (including phenoxy) is 1. The number of rotatable bonds is 6. The Hall–Kier alpha value is -1.61. The molecular weight excluding hydrogens is 456 g/mol. The Morgan fingerprint density at radius 1 is 1.19 bits per heavy atom. The smallest absolute Gasteiger partial charge is 0.262 e. The number of carbonyl (C=O) groups excluding carboxylic acids is 1. The molecule has 1 saturated heterocycles. The minimum absolute atomic E-state index is 0.124. The minimum atomic E-state index is -3.55. The van der Waals surface area contributed by atoms with E-state index in [0.717, 1.165) is 17.3 Å². The summed E-state index contributed by atoms with van der Waals surface area (Å²) >= 11 is 9.51. The van der Waals surface area contributed by atoms with Crippen LogP contribution in [0.15, 0.2) is 51.8 Å². The fourth-order valence-electron chi connectivity index (χ4n) is 2.73. The first-order valence-electron chi connectivity index (χ1n) is 8.35. The molecule has 27 heavy (non-hydrogen) atoms. The molecule has 0 aliphatic carbocycles. The molecule has 0 spiro atoms. The SMILES string of the molecule is O=C(COc1ccc(S(=O)(=O)N2CCCC2)cc1Cl)Nc1ccccc1Br. The molecule has 9 heteroatoms. The van der Waals surface area contributed by atoms with Crippen LogP contribution in [-0.2, 0) is 14.8 Å². The van der Waals surface area contributed by atoms with E-state index in [9.17, 15) is 13.2 Å². The van der Waals surface area contributed by atoms with Gasteiger partial charge in [0.05, 0.1) is 15.6 Å². The third-order valence-corrected chi connectivity index (χ3v) is 6.99. The van der Waals surface area contributed by atoms with Crippen molar-refractivity contribution < 1.29 is 17.9 Å². The number of hydrogen-bond donors (Lipinski definition) is 1. The number of nitrogens with zero attached hydrogens (tertiary/aromatic N) is 1. The van der Waals surface area contributed by atoms with E-state index >= 15 is 0 Å². The lowest BCUT2D eigenvalue weighted by molar-refractivity contribution is -0.118. The molecule has 0 saturated carbocycles. The Morgan fingerprint density at radius 3 is 2.56 bits per heavy atom. The molecule has 2 aromatic carbocycles. The highest BCUT2D eigenvalue weighted by molar-refractivity contribution is 9.10. The Morgan fingerprint density at radius 2 is 1.89 bits per heavy atom. The van der Waals surface area contributed by atoms with Gasteiger partial charge in [0.25, 0.3) is 5.91 Å². The molecule has 0 atom stereocenters. The van der Waals surface area contributed by atoms with Crippen LogP contribution in [0.25, 0.3) is 0 Å². The standard InChI is InChI=1S/C18H18BrClN2O4S/c19-14-5-1-2-6-16(14)21-18(23)12-26-17-8-7-13(11-15(17)20)27(24,25)22-9-3-4-10-22/h1-2,5-8,11H,3-4,9-10,12H2,(H,21,23). The van der Waals surface area contributed by atoms with Gasteiger partial charge < -0.3 is 10.1 Å². The zero-order valence-electron chi connectivity index (χ0n) is 14.3. The number of benzene rings is 2. The first-order valence-corrected chi connectivity index (χ1v) is 11.0. The summed E-state index contributed by atoms with van der Waals surface area (Å²) in [7, 11) is -3.55. The molecule has 144 valence electrons. The summed E-state index contributed by atoms with van der Waals surface area (Å²) in [5.74, 6) is -0.106. The van der Waals surface area contributed by atoms with Crippen LogP contribution < -0.4 is 10.1 Å². The summed E-state index contributed by atoms with van der Waals surface area (Å²) in [5, 5.41) is 2.86. The van der Waals surface area contributed by atoms with Gasteiger partial charge in [-0.15, -0.1) is 0 Å². The fourth-order valence-corrected chi connectivity index (χ4v) is 4.96. The van der Waals surface area contributed by atoms with Gasteiger partial charge in [-0.2, -0.15) is 4.31 Å². The van der Waals surface area contributed by atoms with Gasteiger partial charge in [-0.05, 0) is 59.1 Å². The number of sulfonamides is 1. The molecule has 2 aromatic rings. The molecule has 0 aromatic heterocycles. The lowest BCUT2D eigenvalue weighted by Gasteiger charge is -2.16. The predicted octanol–water partition coefficient (Wildman–Crippen LogP) is 3.90. The van der Waals surface area contributed by atoms with Crippen LogP contribution in [0.3, 0.4) is 0 Å². The number of halogens is 2. The van der Waals surface area contributed by atoms with E-state index < -0.39 is 10.0 Å². The predicted molar refractivity (Wildman–Crippen MR) is 108 cm³/mol. The second kappa shape index (κ2) is 8.60. The number of hydrogen-bond acceptors (Lipinski definition) is 4. The Kier molecular flexibility index (Phi) is 6.41. The van der Waals surface area contributed by atoms with E-state index in [1.807, 2.05) is 12.1 Å². The summed E-state index contributed by atoms with van der Waals surface area (Å²) < 4.78 is 32.8. The van der Waals surface area contributed by atoms with Gasteiger partial charge in [-0.25, -0.2) is 8.42 Å². The summed E-state index contributed by atoms with van der Waals surface area (Å²) in [6.07, 6.45) is 1.72. The lowest BCUT2D eigenvalue weighted by Crippen LogP contribution is -2.27. The summed E-state index contributed by atoms with van der Waals surface area (Å²) in [6, 6.07) is 11.5. The third-order valence-electron chi connectivity index (χ3n) is 4.11. The molecule has 3 rings (SSSR count). The van der Waals surface area contributed by atoms with Crippen LogP contribution in [0.4, 0.5) is 5.69 Å². The maximum absolute atomic E-state index is 12.6. The van der Waals surface area contributed by atoms with E-state index in [2.05, 4.69) is 21.2 Å². The third kappa shape index (κ3) is 4.82. The quantitative estimate of drug-likeness (QED) is 0.690. The molecule has 1 N–H and O–H groups in total. The summed E-state index contributed by atoms with van der Waals surface area (Å²) in [5.41, 5.74) is 0.629. The molecular formula is C18H18BrClN2O4S. The van der Waals surface area contributed by atoms with Gasteiger partial charge in [0.1, 0.15) is 5.75 Å². The van der Waals surface area contributed by atoms with Crippen molar-refractivity contribution in [1.82, 2.24) is 4.31 Å². The molecule has 0 bridgehead atoms. The molecule has 6 nitrogen and oxygen atoms in total. The number of para-hydroxylation sites is 1. The normalized spacial score (nSPS) is 14.9. The van der Waals surface area contributed by atoms with Gasteiger partial charge in [0.15, 0.2) is 6.61 Å². The summed E-state index contributed by atoms with van der Waals surface area (Å²) in [6.45, 7) is 0.792. The minimum Gasteiger partial charge on any atom is -0.482 e. The second-order valence-corrected chi connectivity index (χ2v) is 9.22. The highest BCUT2D eigenvalue weighted by Gasteiger charge is 2.27. The zero-order chi connectivity index (χ0) is 19.4. The average molecular weight is 474 g/mol. The number of carbonyl (C=O) groups is 1. The van der Waals surface area contributed by atoms with Gasteiger partial charge in [-0.3, -0.25) is 4.79 Å². The van der Waals surface area contributed by atoms with Crippen molar-refractivity contribution in [2.24, 2.45) is 0 Å². The van der Waals surface area contributed by atoms with E-state index in [4.69, 9.17) is 16.3 Å². The molecule has 0 radical (unpaired) electrons. The van der Waals surface area contributed by atoms with E-state index in [0.29, 0.717) is 18.8 Å². The van der Waals surface area contributed by atoms with Crippen LogP contribution in [0.2, 0.25) is 5.02 Å². The fraction of sp³-hybridized carbons (Fsp3) is 0.278. The molecule has 1 aliphatic rings. The van der Waals surface area contributed by atoms with Crippen LogP contribution in [-0.4, -0.2) is 38.3 Å². The number of amides is 1. The second-order valence-electron chi connectivity index (χ2n) is 6.02. The van der Waals surface area contributed by atoms with Crippen molar-refractivity contribution in [1.29, 1.82) is 0 Å². The lowest BCUT2D eigenvalue weighted by atomic mass is 10.3. The Balaban J connectivity index is 1.64. The molecule has 1 heterocycles. The summed E-state index contributed by atoms with van der Waals surface area (Å²) in [4.78, 5) is 12.2. The maximum atomic E-state index is 12.6. The number of nitrogens with one attached hydrogen (secondary N) is 1. The number of anilines is 1. The molecule has 1 amide bonds. The van der Waals surface area contributed by atoms with Gasteiger partial charge in [0.2, 0.25) is 10.0 Å². The van der Waals surface area contributed by atoms with Gasteiger partial charge in [0, 0.05) is 17.6 Å². The first kappa shape index (κ1) is 20.1. The van der Waals surface area contributed by atoms with Crippen molar-refractivity contribution in [3.8, 4) is 5.75 Å². The highest BCUT2D eigenvalue weighted by atomic mass is 79.9. The van der Waals surface area contributed by atoms with Gasteiger partial charge in [-0.1, -0.05) is 23.7 Å². The van der Waals surface area contributed by atoms with Crippen molar-refractivity contribution in [2.75, 3.05) is 25.0 Å². The van der Waals surface area contributed by atoms with E-state index in [1.165, 1.54) is 22.5 Å². The molecule has 0 unspecified atom stereocenters. The first-order chi connectivity index (χ1) is 12.9. The van der Waals surface area contributed by atoms with E-state index in [1.54, 1.807) is 12.1 Å². The monoisotopic (exact) mass is 472 g/mol. The van der Waals surface area contributed by atoms with E-state index in [-0.39, 0.29) is 28.2 Å². The van der Waals surface area contributed by atoms with Crippen molar-refractivity contribution in [3.63, 3.8) is 0 Å². The Bertz CT molecular complexity index is 946. The average Bonchev–Trinajstić information content (AvgIpc) is 3.18. The maximum Gasteiger partial charge on any atom is 0.262 e. The Labute approximate surface area is 171 Å². The van der Waals surface area contributed by atoms with Crippen LogP contribution >= 0.6 is 27.5 Å². The van der Waals surface area contributed by atoms with Crippen molar-refractivity contribution in [3.05, 3.63) is 52.0 Å². The molecule has 1 aliphatic heterocycles. The molecule has 1 fully saturated rings. The van der Waals surface area contributed by atoms with Crippen LogP contribution in [0, 0.1) is 0 Å².